The fourth-order valence-corrected chi connectivity index (χ4v) is 7.65. The van der Waals surface area contributed by atoms with Crippen LogP contribution in [-0.2, 0) is 16.2 Å². The molecule has 3 aromatic carbocycles. The van der Waals surface area contributed by atoms with E-state index in [0.29, 0.717) is 11.8 Å². The summed E-state index contributed by atoms with van der Waals surface area (Å²) < 4.78 is 0. The van der Waals surface area contributed by atoms with E-state index in [-0.39, 0.29) is 16.2 Å². The van der Waals surface area contributed by atoms with Gasteiger partial charge < -0.3 is 0 Å². The van der Waals surface area contributed by atoms with Crippen molar-refractivity contribution in [2.45, 2.75) is 104 Å². The molecular weight excluding hydrogens is 444 g/mol. The van der Waals surface area contributed by atoms with E-state index in [1.807, 2.05) is 0 Å². The molecule has 3 aliphatic carbocycles. The van der Waals surface area contributed by atoms with Crippen molar-refractivity contribution in [2.24, 2.45) is 17.8 Å². The lowest BCUT2D eigenvalue weighted by atomic mass is 9.78. The Balaban J connectivity index is 1.59. The molecule has 37 heavy (non-hydrogen) atoms. The lowest BCUT2D eigenvalue weighted by molar-refractivity contribution is 0.406. The zero-order valence-electron chi connectivity index (χ0n) is 24.5. The first-order valence-electron chi connectivity index (χ1n) is 14.8. The van der Waals surface area contributed by atoms with Gasteiger partial charge in [-0.25, -0.2) is 0 Å². The number of rotatable bonds is 2. The van der Waals surface area contributed by atoms with Crippen LogP contribution in [0.2, 0.25) is 0 Å². The molecule has 2 saturated carbocycles. The molecule has 3 atom stereocenters. The predicted octanol–water partition coefficient (Wildman–Crippen LogP) is 10.5. The van der Waals surface area contributed by atoms with Crippen molar-refractivity contribution in [3.63, 3.8) is 0 Å². The minimum Gasteiger partial charge on any atom is -0.0796 e. The van der Waals surface area contributed by atoms with Gasteiger partial charge in [0.15, 0.2) is 0 Å². The molecule has 0 N–H and O–H groups in total. The van der Waals surface area contributed by atoms with Gasteiger partial charge in [0.1, 0.15) is 0 Å². The first-order chi connectivity index (χ1) is 17.4. The number of aryl methyl sites for hydroxylation is 1. The molecule has 3 unspecified atom stereocenters. The van der Waals surface area contributed by atoms with Gasteiger partial charge in [0.05, 0.1) is 0 Å². The van der Waals surface area contributed by atoms with Crippen LogP contribution in [0.5, 0.6) is 0 Å². The number of allylic oxidation sites excluding steroid dienone is 4. The van der Waals surface area contributed by atoms with Crippen LogP contribution in [0.1, 0.15) is 103 Å². The molecule has 3 aromatic rings. The zero-order valence-corrected chi connectivity index (χ0v) is 24.5. The Hall–Kier alpha value is -2.34. The van der Waals surface area contributed by atoms with Crippen molar-refractivity contribution in [3.8, 4) is 0 Å². The standard InChI is InChI=1S/C37H46/c1-23-28-17-15-27(36(5,6)7)22-31(28)34(29-18-16-26(21-30(23)29)35(2,3)4)37(8)32-19-14-25(20-33(32)37)24-12-10-9-11-13-24/h14-22,24,32-33H,9-13H2,1-8H3. The highest BCUT2D eigenvalue weighted by atomic mass is 14.6. The molecule has 6 rings (SSSR count). The SMILES string of the molecule is Cc1c2cc(C(C)(C)C)ccc2c(C2(C)C3C=CC(C4CCCCC4)=CC32)c2cc(C(C)(C)C)ccc12. The largest absolute Gasteiger partial charge is 0.0796 e. The molecule has 2 fully saturated rings. The summed E-state index contributed by atoms with van der Waals surface area (Å²) in [5, 5.41) is 5.84. The Morgan fingerprint density at radius 2 is 1.30 bits per heavy atom. The van der Waals surface area contributed by atoms with Gasteiger partial charge in [-0.15, -0.1) is 0 Å². The first kappa shape index (κ1) is 25.0. The molecule has 3 aliphatic rings. The van der Waals surface area contributed by atoms with Crippen LogP contribution in [-0.4, -0.2) is 0 Å². The van der Waals surface area contributed by atoms with Gasteiger partial charge in [-0.05, 0) is 97.7 Å². The second kappa shape index (κ2) is 8.33. The summed E-state index contributed by atoms with van der Waals surface area (Å²) in [6.07, 6.45) is 14.8. The van der Waals surface area contributed by atoms with Crippen LogP contribution < -0.4 is 0 Å². The first-order valence-corrected chi connectivity index (χ1v) is 14.8. The average molecular weight is 491 g/mol. The van der Waals surface area contributed by atoms with E-state index >= 15 is 0 Å². The zero-order chi connectivity index (χ0) is 26.3. The van der Waals surface area contributed by atoms with E-state index in [4.69, 9.17) is 0 Å². The van der Waals surface area contributed by atoms with Crippen molar-refractivity contribution in [3.05, 3.63) is 82.5 Å². The van der Waals surface area contributed by atoms with Crippen molar-refractivity contribution >= 4 is 21.5 Å². The van der Waals surface area contributed by atoms with Crippen LogP contribution in [0, 0.1) is 24.7 Å². The maximum atomic E-state index is 2.70. The van der Waals surface area contributed by atoms with Crippen LogP contribution >= 0.6 is 0 Å². The quantitative estimate of drug-likeness (QED) is 0.313. The van der Waals surface area contributed by atoms with Crippen LogP contribution in [0.4, 0.5) is 0 Å². The Kier molecular flexibility index (Phi) is 5.62. The second-order valence-corrected chi connectivity index (χ2v) is 14.7. The third-order valence-corrected chi connectivity index (χ3v) is 10.3. The van der Waals surface area contributed by atoms with Crippen LogP contribution in [0.15, 0.2) is 60.2 Å². The number of benzene rings is 3. The average Bonchev–Trinajstić information content (AvgIpc) is 3.46. The maximum absolute atomic E-state index is 2.70. The van der Waals surface area contributed by atoms with E-state index in [9.17, 15) is 0 Å². The normalized spacial score (nSPS) is 26.4. The van der Waals surface area contributed by atoms with E-state index in [0.717, 1.165) is 5.92 Å². The lowest BCUT2D eigenvalue weighted by Gasteiger charge is -2.26. The molecule has 0 heteroatoms. The monoisotopic (exact) mass is 490 g/mol. The fraction of sp³-hybridized carbons (Fsp3) is 0.514. The minimum atomic E-state index is 0.135. The topological polar surface area (TPSA) is 0 Å². The molecule has 0 radical (unpaired) electrons. The molecule has 194 valence electrons. The van der Waals surface area contributed by atoms with Gasteiger partial charge in [-0.1, -0.05) is 122 Å². The predicted molar refractivity (Wildman–Crippen MR) is 162 cm³/mol. The van der Waals surface area contributed by atoms with Gasteiger partial charge in [0.2, 0.25) is 0 Å². The van der Waals surface area contributed by atoms with Crippen LogP contribution in [0.3, 0.4) is 0 Å². The Labute approximate surface area is 225 Å². The van der Waals surface area contributed by atoms with Gasteiger partial charge in [0.25, 0.3) is 0 Å². The van der Waals surface area contributed by atoms with Gasteiger partial charge in [-0.2, -0.15) is 0 Å². The number of fused-ring (bicyclic) bond motifs is 3. The molecule has 0 saturated heterocycles. The lowest BCUT2D eigenvalue weighted by Crippen LogP contribution is -2.14. The van der Waals surface area contributed by atoms with E-state index in [1.54, 1.807) is 11.1 Å². The molecule has 0 spiro atoms. The van der Waals surface area contributed by atoms with E-state index < -0.39 is 0 Å². The highest BCUT2D eigenvalue weighted by Gasteiger charge is 2.61. The third kappa shape index (κ3) is 3.93. The minimum absolute atomic E-state index is 0.135. The van der Waals surface area contributed by atoms with E-state index in [2.05, 4.69) is 110 Å². The molecule has 0 amide bonds. The Morgan fingerprint density at radius 1 is 0.703 bits per heavy atom. The Morgan fingerprint density at radius 3 is 1.92 bits per heavy atom. The summed E-state index contributed by atoms with van der Waals surface area (Å²) in [6, 6.07) is 14.7. The summed E-state index contributed by atoms with van der Waals surface area (Å²) in [4.78, 5) is 0. The smallest absolute Gasteiger partial charge is 0.00746 e. The van der Waals surface area contributed by atoms with Crippen molar-refractivity contribution in [2.75, 3.05) is 0 Å². The Bertz CT molecular complexity index is 1440. The van der Waals surface area contributed by atoms with Crippen molar-refractivity contribution in [1.29, 1.82) is 0 Å². The number of hydrogen-bond donors (Lipinski definition) is 0. The maximum Gasteiger partial charge on any atom is 0.00746 e. The van der Waals surface area contributed by atoms with Crippen molar-refractivity contribution in [1.82, 2.24) is 0 Å². The van der Waals surface area contributed by atoms with Crippen molar-refractivity contribution < 1.29 is 0 Å². The van der Waals surface area contributed by atoms with Gasteiger partial charge >= 0.3 is 0 Å². The summed E-state index contributed by atoms with van der Waals surface area (Å²) in [5.74, 6) is 2.00. The van der Waals surface area contributed by atoms with Crippen LogP contribution in [0.25, 0.3) is 21.5 Å². The molecule has 0 bridgehead atoms. The molecule has 0 aliphatic heterocycles. The summed E-state index contributed by atoms with van der Waals surface area (Å²) >= 11 is 0. The van der Waals surface area contributed by atoms with Gasteiger partial charge in [-0.3, -0.25) is 0 Å². The number of hydrogen-bond acceptors (Lipinski definition) is 0. The molecule has 0 nitrogen and oxygen atoms in total. The summed E-state index contributed by atoms with van der Waals surface area (Å²) in [7, 11) is 0. The molecule has 0 aromatic heterocycles. The molecule has 0 heterocycles. The summed E-state index contributed by atoms with van der Waals surface area (Å²) in [6.45, 7) is 19.0. The highest BCUT2D eigenvalue weighted by molar-refractivity contribution is 6.07. The molecular formula is C37H46. The second-order valence-electron chi connectivity index (χ2n) is 14.7. The fourth-order valence-electron chi connectivity index (χ4n) is 7.65. The summed E-state index contributed by atoms with van der Waals surface area (Å²) in [5.41, 5.74) is 7.95. The third-order valence-electron chi connectivity index (χ3n) is 10.3. The van der Waals surface area contributed by atoms with E-state index in [1.165, 1.54) is 70.3 Å². The highest BCUT2D eigenvalue weighted by Crippen LogP contribution is 2.66. The van der Waals surface area contributed by atoms with Gasteiger partial charge in [0, 0.05) is 5.41 Å².